The molecule has 62 heavy (non-hydrogen) atoms. The van der Waals surface area contributed by atoms with E-state index < -0.39 is 0 Å². The molecule has 0 aliphatic heterocycles. The quantitative estimate of drug-likeness (QED) is 0.147. The molecule has 0 saturated heterocycles. The standard InChI is InChI=1S/C62H40/c1-3-16-41(17-4-1)45-20-15-21-49(39-45)61-55-26-11-9-24-53(55)60(54-25-10-12-27-56(54)61)44-32-30-42(31-33-44)46-34-35-48-40-50(37-36-47(48)38-46)62-57-28-13-7-22-51(57)59(43-18-5-2-6-19-43)52-23-8-14-29-58(52)62/h1-40H. The lowest BCUT2D eigenvalue weighted by Crippen LogP contribution is -1.91. The van der Waals surface area contributed by atoms with Crippen molar-refractivity contribution in [3.8, 4) is 66.8 Å². The third-order valence-corrected chi connectivity index (χ3v) is 12.8. The molecule has 0 aliphatic rings. The van der Waals surface area contributed by atoms with Gasteiger partial charge in [-0.3, -0.25) is 0 Å². The second kappa shape index (κ2) is 14.9. The van der Waals surface area contributed by atoms with E-state index >= 15 is 0 Å². The molecule has 0 bridgehead atoms. The summed E-state index contributed by atoms with van der Waals surface area (Å²) in [4.78, 5) is 0. The van der Waals surface area contributed by atoms with Gasteiger partial charge in [-0.2, -0.15) is 0 Å². The van der Waals surface area contributed by atoms with Gasteiger partial charge in [-0.1, -0.05) is 224 Å². The largest absolute Gasteiger partial charge is 0.0622 e. The Balaban J connectivity index is 0.931. The first kappa shape index (κ1) is 35.8. The Hall–Kier alpha value is -8.06. The van der Waals surface area contributed by atoms with Gasteiger partial charge in [0.1, 0.15) is 0 Å². The molecule has 12 aromatic carbocycles. The van der Waals surface area contributed by atoms with Crippen LogP contribution in [-0.2, 0) is 0 Å². The maximum Gasteiger partial charge on any atom is -0.00262 e. The Morgan fingerprint density at radius 1 is 0.145 bits per heavy atom. The molecule has 0 amide bonds. The zero-order valence-corrected chi connectivity index (χ0v) is 34.1. The molecule has 0 aromatic heterocycles. The Kier molecular flexibility index (Phi) is 8.61. The van der Waals surface area contributed by atoms with Crippen LogP contribution in [0.2, 0.25) is 0 Å². The molecule has 0 heteroatoms. The molecule has 12 aromatic rings. The number of fused-ring (bicyclic) bond motifs is 5. The van der Waals surface area contributed by atoms with E-state index in [9.17, 15) is 0 Å². The van der Waals surface area contributed by atoms with Crippen LogP contribution in [0.5, 0.6) is 0 Å². The molecule has 0 fully saturated rings. The van der Waals surface area contributed by atoms with E-state index in [4.69, 9.17) is 0 Å². The predicted molar refractivity (Wildman–Crippen MR) is 267 cm³/mol. The summed E-state index contributed by atoms with van der Waals surface area (Å²) in [6.45, 7) is 0. The van der Waals surface area contributed by atoms with Crippen molar-refractivity contribution >= 4 is 53.9 Å². The second-order valence-electron chi connectivity index (χ2n) is 16.3. The van der Waals surface area contributed by atoms with E-state index in [1.165, 1.54) is 121 Å². The van der Waals surface area contributed by atoms with Gasteiger partial charge in [0.2, 0.25) is 0 Å². The highest BCUT2D eigenvalue weighted by Gasteiger charge is 2.19. The van der Waals surface area contributed by atoms with E-state index in [2.05, 4.69) is 243 Å². The van der Waals surface area contributed by atoms with Crippen LogP contribution in [0.4, 0.5) is 0 Å². The van der Waals surface area contributed by atoms with Crippen LogP contribution < -0.4 is 0 Å². The molecule has 0 N–H and O–H groups in total. The molecule has 0 unspecified atom stereocenters. The maximum atomic E-state index is 2.37. The van der Waals surface area contributed by atoms with Crippen LogP contribution >= 0.6 is 0 Å². The Morgan fingerprint density at radius 2 is 0.403 bits per heavy atom. The van der Waals surface area contributed by atoms with Gasteiger partial charge in [-0.25, -0.2) is 0 Å². The van der Waals surface area contributed by atoms with Gasteiger partial charge in [-0.15, -0.1) is 0 Å². The fraction of sp³-hybridized carbons (Fsp3) is 0. The van der Waals surface area contributed by atoms with Crippen molar-refractivity contribution in [1.82, 2.24) is 0 Å². The van der Waals surface area contributed by atoms with E-state index in [0.29, 0.717) is 0 Å². The molecular weight excluding hydrogens is 745 g/mol. The zero-order valence-electron chi connectivity index (χ0n) is 34.1. The van der Waals surface area contributed by atoms with Crippen LogP contribution in [-0.4, -0.2) is 0 Å². The summed E-state index contributed by atoms with van der Waals surface area (Å²) in [5, 5.41) is 12.6. The van der Waals surface area contributed by atoms with E-state index in [0.717, 1.165) is 0 Å². The third kappa shape index (κ3) is 5.99. The fourth-order valence-corrected chi connectivity index (χ4v) is 10.0. The molecule has 12 rings (SSSR count). The average Bonchev–Trinajstić information content (AvgIpc) is 3.35. The Bertz CT molecular complexity index is 3540. The topological polar surface area (TPSA) is 0 Å². The van der Waals surface area contributed by atoms with E-state index in [-0.39, 0.29) is 0 Å². The summed E-state index contributed by atoms with van der Waals surface area (Å²) in [5.74, 6) is 0. The summed E-state index contributed by atoms with van der Waals surface area (Å²) in [6, 6.07) is 89.2. The minimum absolute atomic E-state index is 1.20. The van der Waals surface area contributed by atoms with Gasteiger partial charge in [-0.05, 0) is 139 Å². The highest BCUT2D eigenvalue weighted by atomic mass is 14.2. The number of hydrogen-bond donors (Lipinski definition) is 0. The molecule has 0 atom stereocenters. The fourth-order valence-electron chi connectivity index (χ4n) is 10.0. The normalized spacial score (nSPS) is 11.5. The Labute approximate surface area is 361 Å². The first-order chi connectivity index (χ1) is 30.8. The first-order valence-corrected chi connectivity index (χ1v) is 21.5. The molecule has 0 saturated carbocycles. The predicted octanol–water partition coefficient (Wildman–Crippen LogP) is 17.5. The number of rotatable bonds is 6. The van der Waals surface area contributed by atoms with Gasteiger partial charge >= 0.3 is 0 Å². The molecule has 288 valence electrons. The van der Waals surface area contributed by atoms with Crippen molar-refractivity contribution in [1.29, 1.82) is 0 Å². The SMILES string of the molecule is c1ccc(-c2cccc(-c3c4ccccc4c(-c4ccc(-c5ccc6cc(-c7c8ccccc8c(-c8ccccc8)c8ccccc78)ccc6c5)cc4)c4ccccc34)c2)cc1. The molecule has 0 spiro atoms. The minimum atomic E-state index is 1.20. The summed E-state index contributed by atoms with van der Waals surface area (Å²) in [5.41, 5.74) is 14.9. The van der Waals surface area contributed by atoms with Crippen molar-refractivity contribution < 1.29 is 0 Å². The first-order valence-electron chi connectivity index (χ1n) is 21.5. The zero-order chi connectivity index (χ0) is 41.0. The molecule has 0 nitrogen and oxygen atoms in total. The molecule has 0 aliphatic carbocycles. The highest BCUT2D eigenvalue weighted by Crippen LogP contribution is 2.46. The maximum absolute atomic E-state index is 2.37. The van der Waals surface area contributed by atoms with Crippen LogP contribution in [0.3, 0.4) is 0 Å². The summed E-state index contributed by atoms with van der Waals surface area (Å²) in [7, 11) is 0. The molecule has 0 radical (unpaired) electrons. The lowest BCUT2D eigenvalue weighted by atomic mass is 9.85. The van der Waals surface area contributed by atoms with Crippen LogP contribution in [0.15, 0.2) is 243 Å². The van der Waals surface area contributed by atoms with Crippen molar-refractivity contribution in [2.45, 2.75) is 0 Å². The van der Waals surface area contributed by atoms with Crippen LogP contribution in [0.1, 0.15) is 0 Å². The van der Waals surface area contributed by atoms with E-state index in [1.54, 1.807) is 0 Å². The van der Waals surface area contributed by atoms with Crippen LogP contribution in [0.25, 0.3) is 121 Å². The summed E-state index contributed by atoms with van der Waals surface area (Å²) >= 11 is 0. The smallest absolute Gasteiger partial charge is 0.00262 e. The molecular formula is C62H40. The van der Waals surface area contributed by atoms with E-state index in [1.807, 2.05) is 0 Å². The molecule has 0 heterocycles. The lowest BCUT2D eigenvalue weighted by Gasteiger charge is -2.18. The van der Waals surface area contributed by atoms with Crippen molar-refractivity contribution in [3.63, 3.8) is 0 Å². The van der Waals surface area contributed by atoms with Gasteiger partial charge in [0.25, 0.3) is 0 Å². The monoisotopic (exact) mass is 784 g/mol. The third-order valence-electron chi connectivity index (χ3n) is 12.8. The van der Waals surface area contributed by atoms with Crippen molar-refractivity contribution in [2.24, 2.45) is 0 Å². The van der Waals surface area contributed by atoms with Crippen molar-refractivity contribution in [3.05, 3.63) is 243 Å². The number of benzene rings is 12. The lowest BCUT2D eigenvalue weighted by molar-refractivity contribution is 1.61. The minimum Gasteiger partial charge on any atom is -0.0622 e. The summed E-state index contributed by atoms with van der Waals surface area (Å²) < 4.78 is 0. The average molecular weight is 785 g/mol. The van der Waals surface area contributed by atoms with Gasteiger partial charge in [0.05, 0.1) is 0 Å². The van der Waals surface area contributed by atoms with Crippen LogP contribution in [0, 0.1) is 0 Å². The van der Waals surface area contributed by atoms with Crippen molar-refractivity contribution in [2.75, 3.05) is 0 Å². The summed E-state index contributed by atoms with van der Waals surface area (Å²) in [6.07, 6.45) is 0. The van der Waals surface area contributed by atoms with Gasteiger partial charge in [0.15, 0.2) is 0 Å². The van der Waals surface area contributed by atoms with Gasteiger partial charge in [0, 0.05) is 0 Å². The second-order valence-corrected chi connectivity index (χ2v) is 16.3. The van der Waals surface area contributed by atoms with Gasteiger partial charge < -0.3 is 0 Å². The number of hydrogen-bond acceptors (Lipinski definition) is 0. The highest BCUT2D eigenvalue weighted by molar-refractivity contribution is 6.23. The Morgan fingerprint density at radius 3 is 0.871 bits per heavy atom.